The van der Waals surface area contributed by atoms with E-state index in [-0.39, 0.29) is 0 Å². The van der Waals surface area contributed by atoms with Crippen LogP contribution in [-0.2, 0) is 16.3 Å². The summed E-state index contributed by atoms with van der Waals surface area (Å²) in [6, 6.07) is 12.5. The van der Waals surface area contributed by atoms with Gasteiger partial charge in [-0.25, -0.2) is 8.42 Å². The number of para-hydroxylation sites is 1. The number of aryl methyl sites for hydroxylation is 1. The number of rotatable bonds is 3. The van der Waals surface area contributed by atoms with Crippen LogP contribution in [0.1, 0.15) is 12.0 Å². The molecule has 2 aromatic carbocycles. The van der Waals surface area contributed by atoms with Gasteiger partial charge in [0.25, 0.3) is 0 Å². The fourth-order valence-corrected chi connectivity index (χ4v) is 3.08. The zero-order valence-electron chi connectivity index (χ0n) is 11.8. The summed E-state index contributed by atoms with van der Waals surface area (Å²) in [6.45, 7) is 0.945. The third kappa shape index (κ3) is 3.03. The number of ether oxygens (including phenoxy) is 1. The van der Waals surface area contributed by atoms with Crippen LogP contribution in [0.25, 0.3) is 0 Å². The van der Waals surface area contributed by atoms with Gasteiger partial charge in [0.2, 0.25) is 0 Å². The average Bonchev–Trinajstić information content (AvgIpc) is 2.47. The SMILES string of the molecule is CS(=O)(=O)c1ccc(Oc2cccc3c2NCCC3)cc1. The van der Waals surface area contributed by atoms with Crippen LogP contribution < -0.4 is 10.1 Å². The molecule has 0 saturated carbocycles. The van der Waals surface area contributed by atoms with E-state index in [4.69, 9.17) is 4.74 Å². The summed E-state index contributed by atoms with van der Waals surface area (Å²) in [5.41, 5.74) is 2.29. The van der Waals surface area contributed by atoms with Crippen LogP contribution in [0.4, 0.5) is 5.69 Å². The lowest BCUT2D eigenvalue weighted by Gasteiger charge is -2.21. The van der Waals surface area contributed by atoms with E-state index in [1.807, 2.05) is 12.1 Å². The van der Waals surface area contributed by atoms with Crippen LogP contribution in [0.5, 0.6) is 11.5 Å². The third-order valence-corrected chi connectivity index (χ3v) is 4.65. The molecular formula is C16H17NO3S. The van der Waals surface area contributed by atoms with Gasteiger partial charge in [-0.2, -0.15) is 0 Å². The summed E-state index contributed by atoms with van der Waals surface area (Å²) in [4.78, 5) is 0.295. The second-order valence-corrected chi connectivity index (χ2v) is 7.18. The Labute approximate surface area is 124 Å². The Hall–Kier alpha value is -2.01. The third-order valence-electron chi connectivity index (χ3n) is 3.52. The van der Waals surface area contributed by atoms with Crippen molar-refractivity contribution in [2.45, 2.75) is 17.7 Å². The molecule has 21 heavy (non-hydrogen) atoms. The van der Waals surface area contributed by atoms with Crippen molar-refractivity contribution in [3.05, 3.63) is 48.0 Å². The molecule has 0 aliphatic carbocycles. The highest BCUT2D eigenvalue weighted by molar-refractivity contribution is 7.90. The van der Waals surface area contributed by atoms with Crippen LogP contribution in [0.15, 0.2) is 47.4 Å². The molecule has 3 rings (SSSR count). The van der Waals surface area contributed by atoms with Gasteiger partial charge in [0.05, 0.1) is 10.6 Å². The van der Waals surface area contributed by atoms with Crippen LogP contribution in [0.3, 0.4) is 0 Å². The largest absolute Gasteiger partial charge is 0.455 e. The van der Waals surface area contributed by atoms with Crippen LogP contribution in [0.2, 0.25) is 0 Å². The number of hydrogen-bond donors (Lipinski definition) is 1. The van der Waals surface area contributed by atoms with Gasteiger partial charge in [-0.1, -0.05) is 12.1 Å². The maximum atomic E-state index is 11.4. The monoisotopic (exact) mass is 303 g/mol. The lowest BCUT2D eigenvalue weighted by atomic mass is 10.0. The number of fused-ring (bicyclic) bond motifs is 1. The maximum absolute atomic E-state index is 11.4. The minimum Gasteiger partial charge on any atom is -0.455 e. The highest BCUT2D eigenvalue weighted by Crippen LogP contribution is 2.35. The van der Waals surface area contributed by atoms with Crippen molar-refractivity contribution in [1.29, 1.82) is 0 Å². The molecule has 0 radical (unpaired) electrons. The Morgan fingerprint density at radius 2 is 1.86 bits per heavy atom. The fraction of sp³-hybridized carbons (Fsp3) is 0.250. The maximum Gasteiger partial charge on any atom is 0.175 e. The van der Waals surface area contributed by atoms with Gasteiger partial charge in [0.15, 0.2) is 15.6 Å². The minimum absolute atomic E-state index is 0.295. The van der Waals surface area contributed by atoms with Crippen molar-refractivity contribution in [3.63, 3.8) is 0 Å². The normalized spacial score (nSPS) is 14.1. The highest BCUT2D eigenvalue weighted by Gasteiger charge is 2.14. The second-order valence-electron chi connectivity index (χ2n) is 5.17. The molecular weight excluding hydrogens is 286 g/mol. The van der Waals surface area contributed by atoms with Crippen molar-refractivity contribution in [2.75, 3.05) is 18.1 Å². The predicted molar refractivity (Wildman–Crippen MR) is 82.9 cm³/mol. The van der Waals surface area contributed by atoms with Crippen molar-refractivity contribution in [2.24, 2.45) is 0 Å². The smallest absolute Gasteiger partial charge is 0.175 e. The van der Waals surface area contributed by atoms with E-state index in [1.54, 1.807) is 24.3 Å². The molecule has 0 atom stereocenters. The van der Waals surface area contributed by atoms with E-state index in [0.717, 1.165) is 30.8 Å². The van der Waals surface area contributed by atoms with Crippen LogP contribution in [0, 0.1) is 0 Å². The summed E-state index contributed by atoms with van der Waals surface area (Å²) >= 11 is 0. The number of hydrogen-bond acceptors (Lipinski definition) is 4. The van der Waals surface area contributed by atoms with E-state index in [2.05, 4.69) is 11.4 Å². The second kappa shape index (κ2) is 5.41. The fourth-order valence-electron chi connectivity index (χ4n) is 2.44. The standard InChI is InChI=1S/C16H17NO3S/c1-21(18,19)14-9-7-13(8-10-14)20-15-6-2-4-12-5-3-11-17-16(12)15/h2,4,6-10,17H,3,5,11H2,1H3. The quantitative estimate of drug-likeness (QED) is 0.945. The van der Waals surface area contributed by atoms with Crippen molar-refractivity contribution < 1.29 is 13.2 Å². The van der Waals surface area contributed by atoms with Gasteiger partial charge in [-0.05, 0) is 48.7 Å². The van der Waals surface area contributed by atoms with Gasteiger partial charge in [0.1, 0.15) is 5.75 Å². The summed E-state index contributed by atoms with van der Waals surface area (Å²) in [5.74, 6) is 1.41. The molecule has 4 nitrogen and oxygen atoms in total. The number of benzene rings is 2. The Kier molecular flexibility index (Phi) is 3.59. The van der Waals surface area contributed by atoms with Crippen molar-refractivity contribution in [3.8, 4) is 11.5 Å². The van der Waals surface area contributed by atoms with E-state index in [0.29, 0.717) is 10.6 Å². The molecule has 1 N–H and O–H groups in total. The summed E-state index contributed by atoms with van der Waals surface area (Å²) in [6.07, 6.45) is 3.37. The Bertz CT molecular complexity index is 752. The Morgan fingerprint density at radius 3 is 2.57 bits per heavy atom. The zero-order valence-corrected chi connectivity index (χ0v) is 12.6. The first-order valence-corrected chi connectivity index (χ1v) is 8.77. The topological polar surface area (TPSA) is 55.4 Å². The molecule has 5 heteroatoms. The first-order valence-electron chi connectivity index (χ1n) is 6.88. The van der Waals surface area contributed by atoms with Crippen molar-refractivity contribution >= 4 is 15.5 Å². The van der Waals surface area contributed by atoms with Crippen molar-refractivity contribution in [1.82, 2.24) is 0 Å². The first-order chi connectivity index (χ1) is 10.0. The van der Waals surface area contributed by atoms with Gasteiger partial charge in [-0.15, -0.1) is 0 Å². The van der Waals surface area contributed by atoms with E-state index in [1.165, 1.54) is 11.8 Å². The number of anilines is 1. The van der Waals surface area contributed by atoms with Gasteiger partial charge in [0, 0.05) is 12.8 Å². The Morgan fingerprint density at radius 1 is 1.10 bits per heavy atom. The molecule has 0 amide bonds. The first kappa shape index (κ1) is 13.9. The van der Waals surface area contributed by atoms with Gasteiger partial charge < -0.3 is 10.1 Å². The molecule has 1 aliphatic heterocycles. The molecule has 1 heterocycles. The average molecular weight is 303 g/mol. The van der Waals surface area contributed by atoms with Gasteiger partial charge in [-0.3, -0.25) is 0 Å². The molecule has 110 valence electrons. The van der Waals surface area contributed by atoms with E-state index in [9.17, 15) is 8.42 Å². The number of nitrogens with one attached hydrogen (secondary N) is 1. The zero-order chi connectivity index (χ0) is 14.9. The molecule has 0 saturated heterocycles. The van der Waals surface area contributed by atoms with E-state index < -0.39 is 9.84 Å². The lowest BCUT2D eigenvalue weighted by Crippen LogP contribution is -2.12. The molecule has 0 spiro atoms. The van der Waals surface area contributed by atoms with Gasteiger partial charge >= 0.3 is 0 Å². The number of sulfone groups is 1. The Balaban J connectivity index is 1.87. The lowest BCUT2D eigenvalue weighted by molar-refractivity contribution is 0.482. The molecule has 0 fully saturated rings. The summed E-state index contributed by atoms with van der Waals surface area (Å²) in [5, 5.41) is 3.37. The highest BCUT2D eigenvalue weighted by atomic mass is 32.2. The molecule has 0 aromatic heterocycles. The molecule has 1 aliphatic rings. The molecule has 0 unspecified atom stereocenters. The van der Waals surface area contributed by atoms with E-state index >= 15 is 0 Å². The summed E-state index contributed by atoms with van der Waals surface area (Å²) in [7, 11) is -3.17. The summed E-state index contributed by atoms with van der Waals surface area (Å²) < 4.78 is 28.8. The van der Waals surface area contributed by atoms with Crippen LogP contribution in [-0.4, -0.2) is 21.2 Å². The molecule has 2 aromatic rings. The minimum atomic E-state index is -3.17. The van der Waals surface area contributed by atoms with Crippen LogP contribution >= 0.6 is 0 Å². The molecule has 0 bridgehead atoms. The predicted octanol–water partition coefficient (Wildman–Crippen LogP) is 3.24.